The number of nitriles is 1. The van der Waals surface area contributed by atoms with Crippen LogP contribution in [0.15, 0.2) is 77.8 Å². The molecule has 10 nitrogen and oxygen atoms in total. The number of nitrogens with zero attached hydrogens (tertiary/aromatic N) is 4. The van der Waals surface area contributed by atoms with E-state index in [9.17, 15) is 10.1 Å². The number of nitrogens with one attached hydrogen (secondary N) is 1. The minimum absolute atomic E-state index is 0.0127. The van der Waals surface area contributed by atoms with Gasteiger partial charge in [0.1, 0.15) is 23.9 Å². The maximum atomic E-state index is 16.5. The molecule has 0 saturated heterocycles. The summed E-state index contributed by atoms with van der Waals surface area (Å²) in [6, 6.07) is 22.2. The van der Waals surface area contributed by atoms with E-state index in [4.69, 9.17) is 18.9 Å². The number of esters is 1. The topological polar surface area (TPSA) is 118 Å². The van der Waals surface area contributed by atoms with Crippen LogP contribution in [-0.2, 0) is 16.1 Å². The van der Waals surface area contributed by atoms with Gasteiger partial charge >= 0.3 is 5.97 Å². The fourth-order valence-electron chi connectivity index (χ4n) is 6.05. The lowest BCUT2D eigenvalue weighted by atomic mass is 9.84. The van der Waals surface area contributed by atoms with E-state index >= 15 is 8.78 Å². The molecule has 1 aliphatic heterocycles. The van der Waals surface area contributed by atoms with Crippen molar-refractivity contribution in [2.45, 2.75) is 45.3 Å². The van der Waals surface area contributed by atoms with Crippen LogP contribution >= 0.6 is 0 Å². The van der Waals surface area contributed by atoms with Crippen molar-refractivity contribution in [3.05, 3.63) is 101 Å². The van der Waals surface area contributed by atoms with Crippen molar-refractivity contribution in [1.29, 1.82) is 5.26 Å². The van der Waals surface area contributed by atoms with Crippen LogP contribution in [-0.4, -0.2) is 54.5 Å². The second-order valence-corrected chi connectivity index (χ2v) is 12.0. The number of halogens is 2. The molecule has 50 heavy (non-hydrogen) atoms. The highest BCUT2D eigenvalue weighted by Crippen LogP contribution is 2.41. The zero-order valence-electron chi connectivity index (χ0n) is 27.8. The molecule has 2 unspecified atom stereocenters. The minimum atomic E-state index is -1.14. The number of carbonyl (C=O) groups is 1. The Hall–Kier alpha value is -5.70. The lowest BCUT2D eigenvalue weighted by molar-refractivity contribution is -0.149. The van der Waals surface area contributed by atoms with Gasteiger partial charge in [-0.2, -0.15) is 19.0 Å². The average molecular weight is 682 g/mol. The number of aliphatic imine (C=N–C) groups is 1. The number of rotatable bonds is 12. The van der Waals surface area contributed by atoms with Crippen LogP contribution in [0.2, 0.25) is 0 Å². The van der Waals surface area contributed by atoms with Gasteiger partial charge in [0.05, 0.1) is 30.7 Å². The summed E-state index contributed by atoms with van der Waals surface area (Å²) in [4.78, 5) is 23.5. The molecule has 1 fully saturated rings. The molecular formula is C38H37F2N5O5. The summed E-state index contributed by atoms with van der Waals surface area (Å²) in [6.07, 6.45) is 2.52. The Labute approximate surface area is 289 Å². The van der Waals surface area contributed by atoms with Crippen molar-refractivity contribution in [1.82, 2.24) is 9.88 Å². The van der Waals surface area contributed by atoms with Crippen LogP contribution in [0.4, 0.5) is 14.5 Å². The van der Waals surface area contributed by atoms with Crippen molar-refractivity contribution >= 4 is 17.5 Å². The molecule has 0 amide bonds. The molecule has 4 aromatic rings. The van der Waals surface area contributed by atoms with Gasteiger partial charge < -0.3 is 29.2 Å². The van der Waals surface area contributed by atoms with Gasteiger partial charge in [-0.05, 0) is 49.6 Å². The Balaban J connectivity index is 1.38. The summed E-state index contributed by atoms with van der Waals surface area (Å²) in [5, 5.41) is 12.6. The Bertz CT molecular complexity index is 1920. The third-order valence-corrected chi connectivity index (χ3v) is 8.58. The first kappa shape index (κ1) is 34.2. The van der Waals surface area contributed by atoms with Crippen molar-refractivity contribution < 1.29 is 32.5 Å². The van der Waals surface area contributed by atoms with E-state index in [1.165, 1.54) is 12.1 Å². The third-order valence-electron chi connectivity index (χ3n) is 8.58. The summed E-state index contributed by atoms with van der Waals surface area (Å²) in [7, 11) is 1.93. The fraction of sp³-hybridized carbons (Fsp3) is 0.316. The lowest BCUT2D eigenvalue weighted by Gasteiger charge is -2.31. The van der Waals surface area contributed by atoms with Gasteiger partial charge in [0.25, 0.3) is 11.8 Å². The van der Waals surface area contributed by atoms with Crippen LogP contribution in [0.1, 0.15) is 49.3 Å². The van der Waals surface area contributed by atoms with Crippen LogP contribution in [0.3, 0.4) is 0 Å². The van der Waals surface area contributed by atoms with Gasteiger partial charge in [-0.25, -0.2) is 0 Å². The SMILES string of the molecule is CCOC(=O)C1CCCCC1Nc1c(F)c(Oc2cccc(C3=NCCN3C)c2)nc(Oc2cc(C#N)ccc2OCc2ccccc2)c1F. The van der Waals surface area contributed by atoms with Gasteiger partial charge in [-0.15, -0.1) is 0 Å². The molecule has 2 aliphatic rings. The largest absolute Gasteiger partial charge is 0.485 e. The molecule has 2 heterocycles. The molecule has 0 bridgehead atoms. The Morgan fingerprint density at radius 3 is 2.50 bits per heavy atom. The number of carbonyl (C=O) groups excluding carboxylic acids is 1. The number of anilines is 1. The summed E-state index contributed by atoms with van der Waals surface area (Å²) >= 11 is 0. The van der Waals surface area contributed by atoms with Gasteiger partial charge in [-0.1, -0.05) is 55.3 Å². The fourth-order valence-corrected chi connectivity index (χ4v) is 6.05. The molecule has 0 spiro atoms. The van der Waals surface area contributed by atoms with Crippen molar-refractivity contribution in [2.24, 2.45) is 10.9 Å². The number of aromatic nitrogens is 1. The maximum absolute atomic E-state index is 16.5. The quantitative estimate of drug-likeness (QED) is 0.151. The number of benzene rings is 3. The first-order chi connectivity index (χ1) is 24.3. The predicted molar refractivity (Wildman–Crippen MR) is 183 cm³/mol. The Morgan fingerprint density at radius 1 is 0.980 bits per heavy atom. The van der Waals surface area contributed by atoms with E-state index in [0.29, 0.717) is 19.4 Å². The number of amidine groups is 1. The standard InChI is InChI=1S/C38H37F2N5O5/c1-3-47-38(46)28-14-7-8-15-29(28)43-34-32(39)36(49-27-13-9-12-26(21-27)35-42-18-19-45(35)2)44-37(33(34)40)50-31-20-25(22-41)16-17-30(31)48-23-24-10-5-4-6-11-24/h4-6,9-13,16-17,20-21,28-29H,3,7-8,14-15,18-19,23H2,1-2H3,(H,43,44). The molecule has 3 aromatic carbocycles. The highest BCUT2D eigenvalue weighted by atomic mass is 19.1. The summed E-state index contributed by atoms with van der Waals surface area (Å²) in [5.74, 6) is -3.28. The zero-order valence-corrected chi connectivity index (χ0v) is 27.8. The number of pyridine rings is 1. The molecule has 12 heteroatoms. The maximum Gasteiger partial charge on any atom is 0.311 e. The minimum Gasteiger partial charge on any atom is -0.485 e. The molecule has 1 saturated carbocycles. The second-order valence-electron chi connectivity index (χ2n) is 12.0. The molecule has 1 aliphatic carbocycles. The van der Waals surface area contributed by atoms with Crippen molar-refractivity contribution in [3.8, 4) is 35.1 Å². The number of hydrogen-bond acceptors (Lipinski definition) is 10. The molecular weight excluding hydrogens is 644 g/mol. The number of ether oxygens (including phenoxy) is 4. The van der Waals surface area contributed by atoms with Crippen molar-refractivity contribution in [3.63, 3.8) is 0 Å². The van der Waals surface area contributed by atoms with E-state index in [-0.39, 0.29) is 36.0 Å². The average Bonchev–Trinajstić information content (AvgIpc) is 3.58. The van der Waals surface area contributed by atoms with E-state index in [0.717, 1.165) is 36.3 Å². The molecule has 258 valence electrons. The zero-order chi connectivity index (χ0) is 35.0. The summed E-state index contributed by atoms with van der Waals surface area (Å²) in [5.41, 5.74) is 1.29. The van der Waals surface area contributed by atoms with Crippen LogP contribution in [0, 0.1) is 28.9 Å². The van der Waals surface area contributed by atoms with Gasteiger partial charge in [-0.3, -0.25) is 9.79 Å². The van der Waals surface area contributed by atoms with Crippen LogP contribution in [0.25, 0.3) is 0 Å². The Kier molecular flexibility index (Phi) is 10.7. The predicted octanol–water partition coefficient (Wildman–Crippen LogP) is 7.62. The van der Waals surface area contributed by atoms with Crippen LogP contribution in [0.5, 0.6) is 29.0 Å². The third kappa shape index (κ3) is 7.78. The molecule has 2 atom stereocenters. The normalized spacial score (nSPS) is 17.0. The van der Waals surface area contributed by atoms with Gasteiger partial charge in [0.15, 0.2) is 11.5 Å². The summed E-state index contributed by atoms with van der Waals surface area (Å²) < 4.78 is 56.1. The molecule has 0 radical (unpaired) electrons. The highest BCUT2D eigenvalue weighted by Gasteiger charge is 2.35. The smallest absolute Gasteiger partial charge is 0.311 e. The lowest BCUT2D eigenvalue weighted by Crippen LogP contribution is -2.38. The van der Waals surface area contributed by atoms with Gasteiger partial charge in [0.2, 0.25) is 11.6 Å². The first-order valence-corrected chi connectivity index (χ1v) is 16.6. The monoisotopic (exact) mass is 681 g/mol. The molecule has 1 aromatic heterocycles. The van der Waals surface area contributed by atoms with E-state index in [1.807, 2.05) is 54.4 Å². The van der Waals surface area contributed by atoms with Crippen molar-refractivity contribution in [2.75, 3.05) is 32.1 Å². The number of likely N-dealkylation sites (N-methyl/N-ethyl adjacent to an activating group) is 1. The molecule has 1 N–H and O–H groups in total. The van der Waals surface area contributed by atoms with E-state index in [2.05, 4.69) is 15.3 Å². The number of hydrogen-bond donors (Lipinski definition) is 1. The van der Waals surface area contributed by atoms with Crippen LogP contribution < -0.4 is 19.5 Å². The summed E-state index contributed by atoms with van der Waals surface area (Å²) in [6.45, 7) is 3.48. The van der Waals surface area contributed by atoms with E-state index < -0.39 is 47.0 Å². The molecule has 6 rings (SSSR count). The Morgan fingerprint density at radius 2 is 1.76 bits per heavy atom. The highest BCUT2D eigenvalue weighted by molar-refractivity contribution is 5.99. The van der Waals surface area contributed by atoms with E-state index in [1.54, 1.807) is 31.2 Å². The first-order valence-electron chi connectivity index (χ1n) is 16.6. The van der Waals surface area contributed by atoms with Gasteiger partial charge in [0, 0.05) is 31.3 Å². The second kappa shape index (κ2) is 15.7.